The van der Waals surface area contributed by atoms with Crippen LogP contribution in [0.2, 0.25) is 0 Å². The van der Waals surface area contributed by atoms with Gasteiger partial charge in [0.1, 0.15) is 0 Å². The summed E-state index contributed by atoms with van der Waals surface area (Å²) in [6.07, 6.45) is 5.51. The van der Waals surface area contributed by atoms with Gasteiger partial charge in [-0.3, -0.25) is 9.79 Å². The number of hydrogen-bond donors (Lipinski definition) is 2. The first-order chi connectivity index (χ1) is 9.77. The maximum Gasteiger partial charge on any atom is 0.250 e. The lowest BCUT2D eigenvalue weighted by Crippen LogP contribution is -2.37. The fraction of sp³-hybridized carbons (Fsp3) is 0.467. The van der Waals surface area contributed by atoms with Crippen molar-refractivity contribution in [3.8, 4) is 0 Å². The van der Waals surface area contributed by atoms with Gasteiger partial charge in [0.2, 0.25) is 5.56 Å². The summed E-state index contributed by atoms with van der Waals surface area (Å²) in [4.78, 5) is 16.0. The van der Waals surface area contributed by atoms with E-state index in [-0.39, 0.29) is 29.5 Å². The Morgan fingerprint density at radius 3 is 2.86 bits per heavy atom. The van der Waals surface area contributed by atoms with Crippen molar-refractivity contribution in [2.45, 2.75) is 26.3 Å². The van der Waals surface area contributed by atoms with Gasteiger partial charge in [0.15, 0.2) is 5.96 Å². The van der Waals surface area contributed by atoms with Crippen LogP contribution in [0.4, 0.5) is 0 Å². The number of guanidine groups is 1. The lowest BCUT2D eigenvalue weighted by Gasteiger charge is -2.09. The molecule has 0 saturated carbocycles. The predicted molar refractivity (Wildman–Crippen MR) is 99.5 cm³/mol. The van der Waals surface area contributed by atoms with E-state index in [1.165, 1.54) is 0 Å². The number of hydrogen-bond acceptors (Lipinski definition) is 2. The maximum atomic E-state index is 11.5. The summed E-state index contributed by atoms with van der Waals surface area (Å²) in [6.45, 7) is 8.72. The van der Waals surface area contributed by atoms with Crippen LogP contribution in [0.25, 0.3) is 0 Å². The topological polar surface area (TPSA) is 58.4 Å². The van der Waals surface area contributed by atoms with Crippen molar-refractivity contribution in [1.29, 1.82) is 0 Å². The first-order valence-electron chi connectivity index (χ1n) is 7.06. The molecular weight excluding hydrogens is 379 g/mol. The van der Waals surface area contributed by atoms with Gasteiger partial charge >= 0.3 is 0 Å². The molecule has 0 aliphatic rings. The van der Waals surface area contributed by atoms with Gasteiger partial charge in [-0.1, -0.05) is 12.1 Å². The molecule has 6 heteroatoms. The van der Waals surface area contributed by atoms with Crippen molar-refractivity contribution in [3.63, 3.8) is 0 Å². The lowest BCUT2D eigenvalue weighted by molar-refractivity contribution is 0.598. The van der Waals surface area contributed by atoms with Crippen molar-refractivity contribution in [3.05, 3.63) is 47.4 Å². The normalized spacial score (nSPS) is 10.6. The number of unbranched alkanes of at least 4 members (excludes halogenated alkanes) is 1. The van der Waals surface area contributed by atoms with Crippen LogP contribution in [-0.2, 0) is 6.54 Å². The van der Waals surface area contributed by atoms with E-state index in [2.05, 4.69) is 22.2 Å². The third kappa shape index (κ3) is 8.54. The van der Waals surface area contributed by atoms with E-state index in [0.717, 1.165) is 38.4 Å². The zero-order valence-corrected chi connectivity index (χ0v) is 14.9. The molecule has 0 unspecified atom stereocenters. The average Bonchev–Trinajstić information content (AvgIpc) is 2.46. The molecule has 1 rings (SSSR count). The molecule has 0 bridgehead atoms. The summed E-state index contributed by atoms with van der Waals surface area (Å²) in [5.74, 6) is 0.810. The smallest absolute Gasteiger partial charge is 0.250 e. The first kappa shape index (κ1) is 19.7. The summed E-state index contributed by atoms with van der Waals surface area (Å²) in [5.41, 5.74) is 0.0528. The van der Waals surface area contributed by atoms with E-state index in [9.17, 15) is 4.79 Å². The van der Waals surface area contributed by atoms with Crippen molar-refractivity contribution >= 4 is 29.9 Å². The van der Waals surface area contributed by atoms with E-state index in [0.29, 0.717) is 6.54 Å². The van der Waals surface area contributed by atoms with Crippen molar-refractivity contribution < 1.29 is 0 Å². The molecule has 0 amide bonds. The number of rotatable bonds is 8. The quantitative estimate of drug-likeness (QED) is 0.229. The molecule has 5 nitrogen and oxygen atoms in total. The number of nitrogens with one attached hydrogen (secondary N) is 2. The van der Waals surface area contributed by atoms with Crippen molar-refractivity contribution in [2.24, 2.45) is 4.99 Å². The summed E-state index contributed by atoms with van der Waals surface area (Å²) >= 11 is 0. The highest BCUT2D eigenvalue weighted by Crippen LogP contribution is 1.94. The molecule has 118 valence electrons. The molecular formula is C15H25IN4O. The Morgan fingerprint density at radius 2 is 2.19 bits per heavy atom. The third-order valence-corrected chi connectivity index (χ3v) is 2.73. The Kier molecular flexibility index (Phi) is 11.7. The van der Waals surface area contributed by atoms with Gasteiger partial charge in [-0.15, -0.1) is 30.6 Å². The van der Waals surface area contributed by atoms with Crippen molar-refractivity contribution in [2.75, 3.05) is 19.6 Å². The predicted octanol–water partition coefficient (Wildman–Crippen LogP) is 1.99. The molecule has 0 fully saturated rings. The van der Waals surface area contributed by atoms with Gasteiger partial charge in [-0.05, 0) is 25.8 Å². The number of aliphatic imine (C=N–C) groups is 1. The zero-order chi connectivity index (χ0) is 14.6. The van der Waals surface area contributed by atoms with Gasteiger partial charge in [-0.2, -0.15) is 0 Å². The molecule has 1 aromatic rings. The van der Waals surface area contributed by atoms with Crippen LogP contribution in [0.5, 0.6) is 0 Å². The number of pyridine rings is 1. The largest absolute Gasteiger partial charge is 0.357 e. The lowest BCUT2D eigenvalue weighted by atomic mass is 10.3. The molecule has 21 heavy (non-hydrogen) atoms. The van der Waals surface area contributed by atoms with Gasteiger partial charge < -0.3 is 15.2 Å². The summed E-state index contributed by atoms with van der Waals surface area (Å²) in [7, 11) is 0. The van der Waals surface area contributed by atoms with E-state index >= 15 is 0 Å². The SMILES string of the molecule is C=CCNC(=NCCCCn1ccccc1=O)NCC.I. The van der Waals surface area contributed by atoms with E-state index in [4.69, 9.17) is 0 Å². The molecule has 2 N–H and O–H groups in total. The Labute approximate surface area is 143 Å². The minimum absolute atomic E-state index is 0. The van der Waals surface area contributed by atoms with Crippen LogP contribution in [0.3, 0.4) is 0 Å². The molecule has 0 aliphatic carbocycles. The second-order valence-electron chi connectivity index (χ2n) is 4.37. The summed E-state index contributed by atoms with van der Waals surface area (Å²) in [5, 5.41) is 6.32. The Balaban J connectivity index is 0.00000400. The standard InChI is InChI=1S/C15H24N4O.HI/c1-3-10-17-15(16-4-2)18-11-6-8-13-19-12-7-5-9-14(19)20;/h3,5,7,9,12H,1,4,6,8,10-11,13H2,2H3,(H2,16,17,18);1H. The van der Waals surface area contributed by atoms with E-state index < -0.39 is 0 Å². The van der Waals surface area contributed by atoms with E-state index in [1.807, 2.05) is 19.2 Å². The first-order valence-corrected chi connectivity index (χ1v) is 7.06. The third-order valence-electron chi connectivity index (χ3n) is 2.73. The summed E-state index contributed by atoms with van der Waals surface area (Å²) < 4.78 is 1.73. The van der Waals surface area contributed by atoms with E-state index in [1.54, 1.807) is 22.8 Å². The highest BCUT2D eigenvalue weighted by Gasteiger charge is 1.96. The van der Waals surface area contributed by atoms with Gasteiger partial charge in [-0.25, -0.2) is 0 Å². The molecule has 1 aromatic heterocycles. The fourth-order valence-corrected chi connectivity index (χ4v) is 1.74. The number of nitrogens with zero attached hydrogens (tertiary/aromatic N) is 2. The second kappa shape index (κ2) is 12.4. The number of halogens is 1. The van der Waals surface area contributed by atoms with Crippen LogP contribution in [0.15, 0.2) is 46.8 Å². The Hall–Kier alpha value is -1.31. The van der Waals surface area contributed by atoms with Crippen molar-refractivity contribution in [1.82, 2.24) is 15.2 Å². The zero-order valence-electron chi connectivity index (χ0n) is 12.5. The number of aryl methyl sites for hydroxylation is 1. The molecule has 1 heterocycles. The van der Waals surface area contributed by atoms with Gasteiger partial charge in [0, 0.05) is 38.4 Å². The number of aromatic nitrogens is 1. The van der Waals surface area contributed by atoms with Crippen LogP contribution in [-0.4, -0.2) is 30.2 Å². The Bertz CT molecular complexity index is 485. The van der Waals surface area contributed by atoms with Crippen LogP contribution in [0.1, 0.15) is 19.8 Å². The molecule has 0 saturated heterocycles. The molecule has 0 spiro atoms. The van der Waals surface area contributed by atoms with Crippen LogP contribution in [0, 0.1) is 0 Å². The minimum Gasteiger partial charge on any atom is -0.357 e. The Morgan fingerprint density at radius 1 is 1.38 bits per heavy atom. The fourth-order valence-electron chi connectivity index (χ4n) is 1.74. The second-order valence-corrected chi connectivity index (χ2v) is 4.37. The molecule has 0 radical (unpaired) electrons. The van der Waals surface area contributed by atoms with Gasteiger partial charge in [0.05, 0.1) is 0 Å². The van der Waals surface area contributed by atoms with Crippen LogP contribution < -0.4 is 16.2 Å². The van der Waals surface area contributed by atoms with Crippen LogP contribution >= 0.6 is 24.0 Å². The average molecular weight is 404 g/mol. The molecule has 0 aromatic carbocycles. The minimum atomic E-state index is 0. The highest BCUT2D eigenvalue weighted by atomic mass is 127. The molecule has 0 atom stereocenters. The van der Waals surface area contributed by atoms with Gasteiger partial charge in [0.25, 0.3) is 0 Å². The monoisotopic (exact) mass is 404 g/mol. The highest BCUT2D eigenvalue weighted by molar-refractivity contribution is 14.0. The summed E-state index contributed by atoms with van der Waals surface area (Å²) in [6, 6.07) is 5.22. The molecule has 0 aliphatic heterocycles. The maximum absolute atomic E-state index is 11.5.